The molecule has 1 fully saturated rings. The number of hydrogen-bond donors (Lipinski definition) is 1. The Bertz CT molecular complexity index is 1320. The number of ether oxygens (including phenoxy) is 3. The summed E-state index contributed by atoms with van der Waals surface area (Å²) >= 11 is 12.5. The molecule has 0 aromatic heterocycles. The first kappa shape index (κ1) is 26.5. The van der Waals surface area contributed by atoms with E-state index in [9.17, 15) is 14.7 Å². The second-order valence-corrected chi connectivity index (χ2v) is 9.12. The zero-order valence-corrected chi connectivity index (χ0v) is 21.8. The number of rotatable bonds is 9. The lowest BCUT2D eigenvalue weighted by molar-refractivity contribution is -0.140. The molecule has 0 saturated carbocycles. The SMILES string of the molecule is COCCN1C(=O)C(=O)/C(=C(/O)c2cc(Cl)c(OC)c(Cl)c2)C1c1cccc(OCc2ccccc2)c1. The molecule has 1 aliphatic rings. The van der Waals surface area contributed by atoms with Crippen LogP contribution in [0.2, 0.25) is 10.0 Å². The normalized spacial score (nSPS) is 16.8. The molecule has 1 amide bonds. The minimum Gasteiger partial charge on any atom is -0.507 e. The van der Waals surface area contributed by atoms with Gasteiger partial charge in [-0.05, 0) is 35.4 Å². The Hall–Kier alpha value is -3.52. The van der Waals surface area contributed by atoms with Crippen molar-refractivity contribution in [3.05, 3.63) is 99.0 Å². The maximum atomic E-state index is 13.2. The number of nitrogens with zero attached hydrogens (tertiary/aromatic N) is 1. The zero-order valence-electron chi connectivity index (χ0n) is 20.2. The van der Waals surface area contributed by atoms with E-state index in [1.165, 1.54) is 31.3 Å². The molecule has 3 aromatic rings. The highest BCUT2D eigenvalue weighted by molar-refractivity contribution is 6.46. The molecule has 1 heterocycles. The standard InChI is InChI=1S/C28H25Cl2NO6/c1-35-12-11-31-24(18-9-6-10-20(13-18)37-16-17-7-4-3-5-8-17)23(26(33)28(31)34)25(32)19-14-21(29)27(36-2)22(30)15-19/h3-10,13-15,24,32H,11-12,16H2,1-2H3/b25-23+. The molecule has 4 rings (SSSR count). The summed E-state index contributed by atoms with van der Waals surface area (Å²) in [4.78, 5) is 27.6. The van der Waals surface area contributed by atoms with Crippen LogP contribution in [0.4, 0.5) is 0 Å². The number of methoxy groups -OCH3 is 2. The van der Waals surface area contributed by atoms with Gasteiger partial charge in [-0.2, -0.15) is 0 Å². The summed E-state index contributed by atoms with van der Waals surface area (Å²) < 4.78 is 16.3. The van der Waals surface area contributed by atoms with Crippen molar-refractivity contribution in [3.8, 4) is 11.5 Å². The van der Waals surface area contributed by atoms with Gasteiger partial charge in [-0.15, -0.1) is 0 Å². The van der Waals surface area contributed by atoms with Gasteiger partial charge in [0.05, 0.1) is 35.4 Å². The van der Waals surface area contributed by atoms with Crippen LogP contribution in [0.5, 0.6) is 11.5 Å². The monoisotopic (exact) mass is 541 g/mol. The topological polar surface area (TPSA) is 85.3 Å². The molecule has 0 radical (unpaired) electrons. The Labute approximate surface area is 224 Å². The lowest BCUT2D eigenvalue weighted by Crippen LogP contribution is -2.32. The molecule has 1 saturated heterocycles. The number of aliphatic hydroxyl groups is 1. The smallest absolute Gasteiger partial charge is 0.295 e. The predicted octanol–water partition coefficient (Wildman–Crippen LogP) is 5.65. The largest absolute Gasteiger partial charge is 0.507 e. The van der Waals surface area contributed by atoms with Gasteiger partial charge in [0, 0.05) is 19.2 Å². The minimum absolute atomic E-state index is 0.0846. The number of ketones is 1. The molecule has 0 spiro atoms. The van der Waals surface area contributed by atoms with Crippen LogP contribution >= 0.6 is 23.2 Å². The summed E-state index contributed by atoms with van der Waals surface area (Å²) in [5, 5.41) is 11.6. The molecular weight excluding hydrogens is 517 g/mol. The van der Waals surface area contributed by atoms with Crippen LogP contribution < -0.4 is 9.47 Å². The first-order chi connectivity index (χ1) is 17.8. The van der Waals surface area contributed by atoms with Crippen molar-refractivity contribution >= 4 is 40.7 Å². The molecule has 1 aliphatic heterocycles. The second-order valence-electron chi connectivity index (χ2n) is 8.31. The average molecular weight is 542 g/mol. The van der Waals surface area contributed by atoms with Crippen LogP contribution in [-0.2, 0) is 20.9 Å². The van der Waals surface area contributed by atoms with Crippen molar-refractivity contribution in [1.29, 1.82) is 0 Å². The lowest BCUT2D eigenvalue weighted by atomic mass is 9.95. The highest BCUT2D eigenvalue weighted by atomic mass is 35.5. The third kappa shape index (κ3) is 5.59. The van der Waals surface area contributed by atoms with Gasteiger partial charge in [0.25, 0.3) is 11.7 Å². The van der Waals surface area contributed by atoms with Crippen LogP contribution in [0.25, 0.3) is 5.76 Å². The van der Waals surface area contributed by atoms with Gasteiger partial charge in [-0.1, -0.05) is 65.7 Å². The van der Waals surface area contributed by atoms with Crippen LogP contribution in [0.1, 0.15) is 22.7 Å². The summed E-state index contributed by atoms with van der Waals surface area (Å²) in [7, 11) is 2.92. The molecule has 0 bridgehead atoms. The Morgan fingerprint density at radius 2 is 1.68 bits per heavy atom. The van der Waals surface area contributed by atoms with Crippen LogP contribution in [0, 0.1) is 0 Å². The average Bonchev–Trinajstić information content (AvgIpc) is 3.15. The number of hydrogen-bond acceptors (Lipinski definition) is 6. The Balaban J connectivity index is 1.77. The fourth-order valence-electron chi connectivity index (χ4n) is 4.21. The van der Waals surface area contributed by atoms with Gasteiger partial charge in [-0.25, -0.2) is 0 Å². The maximum Gasteiger partial charge on any atom is 0.295 e. The number of likely N-dealkylation sites (tertiary alicyclic amines) is 1. The van der Waals surface area contributed by atoms with Gasteiger partial charge < -0.3 is 24.2 Å². The van der Waals surface area contributed by atoms with E-state index >= 15 is 0 Å². The Kier molecular flexibility index (Phi) is 8.38. The molecule has 1 N–H and O–H groups in total. The molecule has 9 heteroatoms. The van der Waals surface area contributed by atoms with E-state index in [0.717, 1.165) is 5.56 Å². The maximum absolute atomic E-state index is 13.2. The molecule has 37 heavy (non-hydrogen) atoms. The van der Waals surface area contributed by atoms with Gasteiger partial charge >= 0.3 is 0 Å². The number of carbonyl (C=O) groups is 2. The summed E-state index contributed by atoms with van der Waals surface area (Å²) in [6, 6.07) is 18.7. The van der Waals surface area contributed by atoms with Gasteiger partial charge in [-0.3, -0.25) is 9.59 Å². The van der Waals surface area contributed by atoms with Gasteiger partial charge in [0.1, 0.15) is 18.1 Å². The number of amides is 1. The van der Waals surface area contributed by atoms with Crippen molar-refractivity contribution in [2.75, 3.05) is 27.4 Å². The Morgan fingerprint density at radius 3 is 2.32 bits per heavy atom. The van der Waals surface area contributed by atoms with E-state index < -0.39 is 23.5 Å². The molecule has 3 aromatic carbocycles. The highest BCUT2D eigenvalue weighted by Gasteiger charge is 2.46. The quantitative estimate of drug-likeness (QED) is 0.214. The van der Waals surface area contributed by atoms with Gasteiger partial charge in [0.15, 0.2) is 5.75 Å². The fourth-order valence-corrected chi connectivity index (χ4v) is 4.85. The van der Waals surface area contributed by atoms with E-state index in [0.29, 0.717) is 17.9 Å². The third-order valence-electron chi connectivity index (χ3n) is 5.97. The fraction of sp³-hybridized carbons (Fsp3) is 0.214. The van der Waals surface area contributed by atoms with Crippen LogP contribution in [-0.4, -0.2) is 49.1 Å². The lowest BCUT2D eigenvalue weighted by Gasteiger charge is -2.25. The molecule has 192 valence electrons. The number of Topliss-reactive ketones (excluding diaryl/α,β-unsaturated/α-hetero) is 1. The third-order valence-corrected chi connectivity index (χ3v) is 6.54. The van der Waals surface area contributed by atoms with Crippen molar-refractivity contribution in [1.82, 2.24) is 4.90 Å². The van der Waals surface area contributed by atoms with Crippen molar-refractivity contribution < 1.29 is 28.9 Å². The number of carbonyl (C=O) groups excluding carboxylic acids is 2. The second kappa shape index (κ2) is 11.7. The first-order valence-electron chi connectivity index (χ1n) is 11.4. The van der Waals surface area contributed by atoms with Crippen molar-refractivity contribution in [3.63, 3.8) is 0 Å². The van der Waals surface area contributed by atoms with E-state index in [1.807, 2.05) is 30.3 Å². The van der Waals surface area contributed by atoms with E-state index in [2.05, 4.69) is 0 Å². The molecule has 1 unspecified atom stereocenters. The first-order valence-corrected chi connectivity index (χ1v) is 12.2. The van der Waals surface area contributed by atoms with E-state index in [1.54, 1.807) is 24.3 Å². The van der Waals surface area contributed by atoms with E-state index in [-0.39, 0.29) is 40.1 Å². The van der Waals surface area contributed by atoms with Crippen molar-refractivity contribution in [2.24, 2.45) is 0 Å². The number of benzene rings is 3. The summed E-state index contributed by atoms with van der Waals surface area (Å²) in [5.41, 5.74) is 1.68. The van der Waals surface area contributed by atoms with Crippen LogP contribution in [0.3, 0.4) is 0 Å². The number of halogens is 2. The molecule has 1 atom stereocenters. The Morgan fingerprint density at radius 1 is 0.973 bits per heavy atom. The number of aliphatic hydroxyl groups excluding tert-OH is 1. The summed E-state index contributed by atoms with van der Waals surface area (Å²) in [5.74, 6) is -1.18. The van der Waals surface area contributed by atoms with Crippen LogP contribution in [0.15, 0.2) is 72.3 Å². The summed E-state index contributed by atoms with van der Waals surface area (Å²) in [6.45, 7) is 0.687. The van der Waals surface area contributed by atoms with Gasteiger partial charge in [0.2, 0.25) is 0 Å². The summed E-state index contributed by atoms with van der Waals surface area (Å²) in [6.07, 6.45) is 0. The molecule has 7 nitrogen and oxygen atoms in total. The predicted molar refractivity (Wildman–Crippen MR) is 141 cm³/mol. The van der Waals surface area contributed by atoms with Crippen molar-refractivity contribution in [2.45, 2.75) is 12.6 Å². The highest BCUT2D eigenvalue weighted by Crippen LogP contribution is 2.42. The molecule has 0 aliphatic carbocycles. The molecular formula is C28H25Cl2NO6. The minimum atomic E-state index is -0.880. The van der Waals surface area contributed by atoms with E-state index in [4.69, 9.17) is 37.4 Å². The zero-order chi connectivity index (χ0) is 26.5.